The van der Waals surface area contributed by atoms with Crippen molar-refractivity contribution >= 4 is 28.7 Å². The zero-order valence-electron chi connectivity index (χ0n) is 17.3. The van der Waals surface area contributed by atoms with Crippen LogP contribution in [0.5, 0.6) is 11.5 Å². The topological polar surface area (TPSA) is 85.5 Å². The van der Waals surface area contributed by atoms with Crippen LogP contribution >= 0.6 is 0 Å². The molecule has 3 aromatic carbocycles. The molecule has 0 fully saturated rings. The minimum Gasteiger partial charge on any atom is -0.452 e. The van der Waals surface area contributed by atoms with Crippen molar-refractivity contribution in [1.82, 2.24) is 4.98 Å². The molecule has 2 aliphatic rings. The van der Waals surface area contributed by atoms with Crippen molar-refractivity contribution in [1.29, 1.82) is 0 Å². The zero-order chi connectivity index (χ0) is 22.5. The number of ether oxygens (including phenoxy) is 2. The molecule has 1 unspecified atom stereocenters. The number of pyridine rings is 1. The van der Waals surface area contributed by atoms with E-state index >= 15 is 0 Å². The Morgan fingerprint density at radius 3 is 2.52 bits per heavy atom. The average Bonchev–Trinajstić information content (AvgIpc) is 3.13. The summed E-state index contributed by atoms with van der Waals surface area (Å²) in [6.07, 6.45) is 1.65. The van der Waals surface area contributed by atoms with Crippen LogP contribution in [0.1, 0.15) is 39.4 Å². The Hall–Kier alpha value is -4.45. The van der Waals surface area contributed by atoms with Crippen LogP contribution in [0.2, 0.25) is 0 Å². The molecule has 0 amide bonds. The number of hydrogen-bond acceptors (Lipinski definition) is 5. The van der Waals surface area contributed by atoms with Crippen LogP contribution in [0.3, 0.4) is 0 Å². The number of carbonyl (C=O) groups is 2. The summed E-state index contributed by atoms with van der Waals surface area (Å²) in [6, 6.07) is 21.8. The second kappa shape index (κ2) is 7.31. The molecule has 2 aliphatic heterocycles. The number of esters is 1. The molecule has 0 spiro atoms. The molecule has 3 heterocycles. The average molecular weight is 435 g/mol. The number of hydrogen-bond donors (Lipinski definition) is 1. The molecule has 6 heteroatoms. The van der Waals surface area contributed by atoms with Gasteiger partial charge in [-0.05, 0) is 41.3 Å². The summed E-state index contributed by atoms with van der Waals surface area (Å²) in [6.45, 7) is 0. The molecule has 0 radical (unpaired) electrons. The number of carbonyl (C=O) groups excluding carboxylic acids is 2. The lowest BCUT2D eigenvalue weighted by Crippen LogP contribution is -2.26. The maximum absolute atomic E-state index is 13.1. The van der Waals surface area contributed by atoms with Crippen LogP contribution < -0.4 is 15.0 Å². The first-order valence-corrected chi connectivity index (χ1v) is 10.6. The molecule has 6 rings (SSSR count). The van der Waals surface area contributed by atoms with Gasteiger partial charge in [0.1, 0.15) is 11.5 Å². The Morgan fingerprint density at radius 1 is 0.879 bits per heavy atom. The standard InChI is InChI=1S/C27H17NO5/c29-23-14-18(19-13-16-8-4-5-9-20(16)28-27(19)31)24-21(32-23)11-10-17-25(30)22(33-26(17)24)12-15-6-2-1-3-7-15/h1-13,18H,14H2,(H,28,31)/b22-12-. The van der Waals surface area contributed by atoms with Crippen molar-refractivity contribution in [3.05, 3.63) is 111 Å². The highest BCUT2D eigenvalue weighted by Crippen LogP contribution is 2.48. The Morgan fingerprint density at radius 2 is 1.67 bits per heavy atom. The van der Waals surface area contributed by atoms with Gasteiger partial charge < -0.3 is 14.5 Å². The third-order valence-corrected chi connectivity index (χ3v) is 6.03. The highest BCUT2D eigenvalue weighted by molar-refractivity contribution is 6.15. The largest absolute Gasteiger partial charge is 0.452 e. The normalized spacial score (nSPS) is 18.1. The fraction of sp³-hybridized carbons (Fsp3) is 0.0741. The second-order valence-corrected chi connectivity index (χ2v) is 8.08. The smallest absolute Gasteiger partial charge is 0.312 e. The Balaban J connectivity index is 1.52. The number of allylic oxidation sites excluding steroid dienone is 1. The van der Waals surface area contributed by atoms with E-state index in [1.165, 1.54) is 0 Å². The summed E-state index contributed by atoms with van der Waals surface area (Å²) in [7, 11) is 0. The van der Waals surface area contributed by atoms with Crippen LogP contribution in [0, 0.1) is 0 Å². The van der Waals surface area contributed by atoms with Crippen molar-refractivity contribution in [2.75, 3.05) is 0 Å². The first-order valence-electron chi connectivity index (χ1n) is 10.6. The predicted octanol–water partition coefficient (Wildman–Crippen LogP) is 4.59. The lowest BCUT2D eigenvalue weighted by atomic mass is 9.85. The van der Waals surface area contributed by atoms with Crippen molar-refractivity contribution in [3.63, 3.8) is 0 Å². The number of H-pyrrole nitrogens is 1. The van der Waals surface area contributed by atoms with E-state index in [-0.39, 0.29) is 23.5 Å². The van der Waals surface area contributed by atoms with Crippen molar-refractivity contribution in [2.24, 2.45) is 0 Å². The van der Waals surface area contributed by atoms with E-state index < -0.39 is 11.9 Å². The molecule has 0 aliphatic carbocycles. The molecule has 1 N–H and O–H groups in total. The van der Waals surface area contributed by atoms with Gasteiger partial charge in [0.15, 0.2) is 5.76 Å². The van der Waals surface area contributed by atoms with Gasteiger partial charge in [0.2, 0.25) is 5.78 Å². The van der Waals surface area contributed by atoms with Crippen LogP contribution in [0.25, 0.3) is 17.0 Å². The molecule has 33 heavy (non-hydrogen) atoms. The Bertz CT molecular complexity index is 1550. The second-order valence-electron chi connectivity index (χ2n) is 8.08. The van der Waals surface area contributed by atoms with E-state index in [1.54, 1.807) is 24.3 Å². The number of rotatable bonds is 2. The number of Topliss-reactive ketones (excluding diaryl/α,β-unsaturated/α-hetero) is 1. The number of nitrogens with one attached hydrogen (secondary N) is 1. The number of benzene rings is 3. The van der Waals surface area contributed by atoms with Crippen LogP contribution in [-0.2, 0) is 4.79 Å². The molecule has 6 nitrogen and oxygen atoms in total. The molecule has 4 aromatic rings. The van der Waals surface area contributed by atoms with Crippen LogP contribution in [0.4, 0.5) is 0 Å². The predicted molar refractivity (Wildman–Crippen MR) is 122 cm³/mol. The Labute approximate surface area is 188 Å². The third-order valence-electron chi connectivity index (χ3n) is 6.03. The molecular formula is C27H17NO5. The van der Waals surface area contributed by atoms with Gasteiger partial charge in [0, 0.05) is 22.6 Å². The van der Waals surface area contributed by atoms with Gasteiger partial charge in [-0.25, -0.2) is 0 Å². The molecule has 160 valence electrons. The zero-order valence-corrected chi connectivity index (χ0v) is 17.3. The van der Waals surface area contributed by atoms with E-state index in [0.717, 1.165) is 10.9 Å². The summed E-state index contributed by atoms with van der Waals surface area (Å²) < 4.78 is 11.5. The fourth-order valence-corrected chi connectivity index (χ4v) is 4.50. The highest BCUT2D eigenvalue weighted by Gasteiger charge is 2.39. The summed E-state index contributed by atoms with van der Waals surface area (Å²) in [4.78, 5) is 41.4. The third kappa shape index (κ3) is 3.15. The van der Waals surface area contributed by atoms with Gasteiger partial charge in [0.05, 0.1) is 12.0 Å². The lowest BCUT2D eigenvalue weighted by Gasteiger charge is -2.26. The number of aromatic amines is 1. The summed E-state index contributed by atoms with van der Waals surface area (Å²) in [5, 5.41) is 0.849. The molecule has 0 bridgehead atoms. The van der Waals surface area contributed by atoms with E-state index in [1.807, 2.05) is 54.6 Å². The van der Waals surface area contributed by atoms with E-state index in [9.17, 15) is 14.4 Å². The van der Waals surface area contributed by atoms with Gasteiger partial charge >= 0.3 is 5.97 Å². The quantitative estimate of drug-likeness (QED) is 0.283. The summed E-state index contributed by atoms with van der Waals surface area (Å²) in [5.74, 6) is -0.466. The van der Waals surface area contributed by atoms with E-state index in [0.29, 0.717) is 33.7 Å². The number of fused-ring (bicyclic) bond motifs is 4. The van der Waals surface area contributed by atoms with Crippen molar-refractivity contribution in [3.8, 4) is 11.5 Å². The molecule has 0 saturated carbocycles. The van der Waals surface area contributed by atoms with Gasteiger partial charge in [0.25, 0.3) is 5.56 Å². The van der Waals surface area contributed by atoms with Crippen LogP contribution in [0.15, 0.2) is 83.4 Å². The van der Waals surface area contributed by atoms with Gasteiger partial charge in [-0.3, -0.25) is 14.4 Å². The lowest BCUT2D eigenvalue weighted by molar-refractivity contribution is -0.135. The molecule has 0 saturated heterocycles. The van der Waals surface area contributed by atoms with Crippen molar-refractivity contribution in [2.45, 2.75) is 12.3 Å². The summed E-state index contributed by atoms with van der Waals surface area (Å²) >= 11 is 0. The van der Waals surface area contributed by atoms with Gasteiger partial charge in [-0.15, -0.1) is 0 Å². The van der Waals surface area contributed by atoms with Gasteiger partial charge in [-0.1, -0.05) is 48.5 Å². The van der Waals surface area contributed by atoms with E-state index in [2.05, 4.69) is 4.98 Å². The maximum Gasteiger partial charge on any atom is 0.312 e. The molecule has 1 atom stereocenters. The number of ketones is 1. The molecular weight excluding hydrogens is 418 g/mol. The number of aromatic nitrogens is 1. The first kappa shape index (κ1) is 19.3. The summed E-state index contributed by atoms with van der Waals surface area (Å²) in [5.41, 5.74) is 2.60. The molecule has 1 aromatic heterocycles. The van der Waals surface area contributed by atoms with Gasteiger partial charge in [-0.2, -0.15) is 0 Å². The number of para-hydroxylation sites is 1. The minimum atomic E-state index is -0.603. The minimum absolute atomic E-state index is 0.0276. The van der Waals surface area contributed by atoms with E-state index in [4.69, 9.17) is 9.47 Å². The Kier molecular flexibility index (Phi) is 4.26. The monoisotopic (exact) mass is 435 g/mol. The highest BCUT2D eigenvalue weighted by atomic mass is 16.5. The van der Waals surface area contributed by atoms with Crippen LogP contribution in [-0.4, -0.2) is 16.7 Å². The van der Waals surface area contributed by atoms with Crippen molar-refractivity contribution < 1.29 is 19.1 Å². The SMILES string of the molecule is O=C1CC(c2cc3ccccc3[nH]c2=O)c2c(ccc3c2O/C(=C\c2ccccc2)C3=O)O1. The first-order chi connectivity index (χ1) is 16.1. The maximum atomic E-state index is 13.1. The fourth-order valence-electron chi connectivity index (χ4n) is 4.50.